The number of aromatic nitrogens is 3. The number of rotatable bonds is 2. The Balaban J connectivity index is 2.20. The first-order valence-electron chi connectivity index (χ1n) is 6.48. The number of aryl methyl sites for hydroxylation is 2. The zero-order valence-electron chi connectivity index (χ0n) is 11.6. The van der Waals surface area contributed by atoms with Crippen molar-refractivity contribution in [3.8, 4) is 0 Å². The van der Waals surface area contributed by atoms with Gasteiger partial charge in [-0.1, -0.05) is 18.2 Å². The van der Waals surface area contributed by atoms with E-state index >= 15 is 0 Å². The van der Waals surface area contributed by atoms with Gasteiger partial charge in [-0.15, -0.1) is 0 Å². The van der Waals surface area contributed by atoms with E-state index in [0.717, 1.165) is 10.2 Å². The van der Waals surface area contributed by atoms with Crippen LogP contribution >= 0.6 is 15.9 Å². The lowest BCUT2D eigenvalue weighted by Crippen LogP contribution is -2.22. The second kappa shape index (κ2) is 5.11. The van der Waals surface area contributed by atoms with E-state index in [4.69, 9.17) is 0 Å². The number of H-pyrrole nitrogens is 1. The summed E-state index contributed by atoms with van der Waals surface area (Å²) < 4.78 is 15.9. The molecule has 4 nitrogen and oxygen atoms in total. The summed E-state index contributed by atoms with van der Waals surface area (Å²) in [4.78, 5) is 17.0. The van der Waals surface area contributed by atoms with Crippen LogP contribution in [0.4, 0.5) is 4.39 Å². The monoisotopic (exact) mass is 349 g/mol. The molecule has 1 N–H and O–H groups in total. The van der Waals surface area contributed by atoms with Gasteiger partial charge in [-0.25, -0.2) is 9.37 Å². The summed E-state index contributed by atoms with van der Waals surface area (Å²) in [7, 11) is 0. The Morgan fingerprint density at radius 3 is 2.76 bits per heavy atom. The summed E-state index contributed by atoms with van der Waals surface area (Å²) in [6, 6.07) is 6.46. The molecule has 0 radical (unpaired) electrons. The number of benzene rings is 1. The van der Waals surface area contributed by atoms with Crippen LogP contribution in [0.25, 0.3) is 5.65 Å². The van der Waals surface area contributed by atoms with Gasteiger partial charge in [0.15, 0.2) is 5.65 Å². The molecule has 0 aliphatic heterocycles. The van der Waals surface area contributed by atoms with Crippen LogP contribution in [0.1, 0.15) is 22.5 Å². The summed E-state index contributed by atoms with van der Waals surface area (Å²) >= 11 is 3.41. The number of nitrogens with one attached hydrogen (secondary N) is 1. The summed E-state index contributed by atoms with van der Waals surface area (Å²) in [5.41, 5.74) is 2.76. The Labute approximate surface area is 128 Å². The van der Waals surface area contributed by atoms with Crippen LogP contribution in [0.5, 0.6) is 0 Å². The van der Waals surface area contributed by atoms with E-state index in [-0.39, 0.29) is 17.8 Å². The summed E-state index contributed by atoms with van der Waals surface area (Å²) in [5.74, 6) is -0.315. The smallest absolute Gasteiger partial charge is 0.276 e. The molecular weight excluding hydrogens is 337 g/mol. The Morgan fingerprint density at radius 1 is 1.33 bits per heavy atom. The van der Waals surface area contributed by atoms with Gasteiger partial charge in [0.2, 0.25) is 0 Å². The maximum atomic E-state index is 13.8. The van der Waals surface area contributed by atoms with E-state index in [2.05, 4.69) is 26.0 Å². The summed E-state index contributed by atoms with van der Waals surface area (Å²) in [5, 5.41) is 2.96. The molecule has 108 valence electrons. The van der Waals surface area contributed by atoms with Crippen molar-refractivity contribution in [1.29, 1.82) is 0 Å². The average Bonchev–Trinajstić information content (AvgIpc) is 2.73. The first-order valence-corrected chi connectivity index (χ1v) is 7.28. The predicted octanol–water partition coefficient (Wildman–Crippen LogP) is 3.13. The van der Waals surface area contributed by atoms with Gasteiger partial charge in [0.25, 0.3) is 5.56 Å². The third kappa shape index (κ3) is 2.29. The summed E-state index contributed by atoms with van der Waals surface area (Å²) in [6.07, 6.45) is 0.225. The molecular formula is C15H13BrFN3O. The quantitative estimate of drug-likeness (QED) is 0.772. The maximum absolute atomic E-state index is 13.8. The van der Waals surface area contributed by atoms with Gasteiger partial charge >= 0.3 is 0 Å². The number of aromatic amines is 1. The predicted molar refractivity (Wildman–Crippen MR) is 82.2 cm³/mol. The van der Waals surface area contributed by atoms with Gasteiger partial charge in [0, 0.05) is 23.4 Å². The van der Waals surface area contributed by atoms with Crippen LogP contribution in [0.15, 0.2) is 33.5 Å². The van der Waals surface area contributed by atoms with E-state index in [9.17, 15) is 9.18 Å². The molecule has 0 spiro atoms. The highest BCUT2D eigenvalue weighted by Crippen LogP contribution is 2.20. The molecule has 2 heterocycles. The normalized spacial score (nSPS) is 11.2. The van der Waals surface area contributed by atoms with E-state index in [1.165, 1.54) is 10.6 Å². The minimum Gasteiger partial charge on any atom is -0.293 e. The van der Waals surface area contributed by atoms with Crippen molar-refractivity contribution in [1.82, 2.24) is 14.6 Å². The van der Waals surface area contributed by atoms with Crippen molar-refractivity contribution in [3.63, 3.8) is 0 Å². The van der Waals surface area contributed by atoms with Crippen LogP contribution in [0.3, 0.4) is 0 Å². The van der Waals surface area contributed by atoms with Crippen molar-refractivity contribution in [2.75, 3.05) is 0 Å². The Kier molecular flexibility index (Phi) is 3.41. The van der Waals surface area contributed by atoms with E-state index in [0.29, 0.717) is 22.5 Å². The molecule has 0 atom stereocenters. The molecule has 0 aliphatic rings. The van der Waals surface area contributed by atoms with Gasteiger partial charge < -0.3 is 0 Å². The van der Waals surface area contributed by atoms with Crippen LogP contribution in [-0.4, -0.2) is 14.6 Å². The van der Waals surface area contributed by atoms with Crippen LogP contribution in [-0.2, 0) is 6.42 Å². The highest BCUT2D eigenvalue weighted by Gasteiger charge is 2.16. The first kappa shape index (κ1) is 14.0. The minimum absolute atomic E-state index is 0.199. The zero-order valence-corrected chi connectivity index (χ0v) is 13.2. The maximum Gasteiger partial charge on any atom is 0.276 e. The van der Waals surface area contributed by atoms with Crippen molar-refractivity contribution < 1.29 is 4.39 Å². The highest BCUT2D eigenvalue weighted by molar-refractivity contribution is 9.10. The fourth-order valence-corrected chi connectivity index (χ4v) is 2.69. The van der Waals surface area contributed by atoms with E-state index < -0.39 is 0 Å². The first-order chi connectivity index (χ1) is 9.99. The lowest BCUT2D eigenvalue weighted by Gasteiger charge is -2.06. The Hall–Kier alpha value is -1.95. The average molecular weight is 350 g/mol. The zero-order chi connectivity index (χ0) is 15.1. The van der Waals surface area contributed by atoms with Crippen LogP contribution in [0.2, 0.25) is 0 Å². The van der Waals surface area contributed by atoms with Gasteiger partial charge in [-0.2, -0.15) is 4.52 Å². The molecule has 0 bridgehead atoms. The Morgan fingerprint density at radius 2 is 2.05 bits per heavy atom. The third-order valence-electron chi connectivity index (χ3n) is 3.51. The molecule has 0 aliphatic carbocycles. The van der Waals surface area contributed by atoms with Crippen molar-refractivity contribution >= 4 is 21.6 Å². The molecule has 6 heteroatoms. The van der Waals surface area contributed by atoms with Crippen molar-refractivity contribution in [3.05, 3.63) is 67.4 Å². The molecule has 0 unspecified atom stereocenters. The molecule has 0 saturated heterocycles. The van der Waals surface area contributed by atoms with Crippen LogP contribution in [0, 0.1) is 19.7 Å². The third-order valence-corrected chi connectivity index (χ3v) is 4.46. The van der Waals surface area contributed by atoms with Crippen molar-refractivity contribution in [2.45, 2.75) is 20.3 Å². The molecule has 0 saturated carbocycles. The van der Waals surface area contributed by atoms with Gasteiger partial charge in [0.05, 0.1) is 4.47 Å². The number of hydrogen-bond donors (Lipinski definition) is 1. The van der Waals surface area contributed by atoms with Gasteiger partial charge in [0.1, 0.15) is 5.82 Å². The van der Waals surface area contributed by atoms with E-state index in [1.807, 2.05) is 6.92 Å². The molecule has 21 heavy (non-hydrogen) atoms. The number of halogens is 2. The highest BCUT2D eigenvalue weighted by atomic mass is 79.9. The van der Waals surface area contributed by atoms with Gasteiger partial charge in [-0.3, -0.25) is 9.89 Å². The van der Waals surface area contributed by atoms with Crippen LogP contribution < -0.4 is 5.56 Å². The minimum atomic E-state index is -0.315. The fourth-order valence-electron chi connectivity index (χ4n) is 2.33. The standard InChI is InChI=1S/C15H13BrFN3O/c1-8-11(7-10-5-3-4-6-12(10)17)15(21)20-14(18-8)13(16)9(2)19-20/h3-6,19H,7H2,1-2H3. The molecule has 1 aromatic carbocycles. The van der Waals surface area contributed by atoms with Crippen molar-refractivity contribution in [2.24, 2.45) is 0 Å². The van der Waals surface area contributed by atoms with E-state index in [1.54, 1.807) is 25.1 Å². The lowest BCUT2D eigenvalue weighted by molar-refractivity contribution is 0.613. The lowest BCUT2D eigenvalue weighted by atomic mass is 10.0. The SMILES string of the molecule is Cc1nc2c(Br)c(C)[nH]n2c(=O)c1Cc1ccccc1F. The number of hydrogen-bond acceptors (Lipinski definition) is 2. The second-order valence-electron chi connectivity index (χ2n) is 4.96. The number of nitrogens with zero attached hydrogens (tertiary/aromatic N) is 2. The molecule has 3 rings (SSSR count). The number of fused-ring (bicyclic) bond motifs is 1. The Bertz CT molecular complexity index is 898. The fraction of sp³-hybridized carbons (Fsp3) is 0.200. The topological polar surface area (TPSA) is 50.2 Å². The van der Waals surface area contributed by atoms with Gasteiger partial charge in [-0.05, 0) is 41.4 Å². The molecule has 3 aromatic rings. The molecule has 0 amide bonds. The largest absolute Gasteiger partial charge is 0.293 e. The summed E-state index contributed by atoms with van der Waals surface area (Å²) in [6.45, 7) is 3.62. The second-order valence-corrected chi connectivity index (χ2v) is 5.75. The molecule has 0 fully saturated rings. The molecule has 2 aromatic heterocycles.